The number of likely N-dealkylation sites (tertiary alicyclic amines) is 1. The maximum atomic E-state index is 12.2. The molecule has 0 saturated carbocycles. The first-order chi connectivity index (χ1) is 14.7. The first-order valence-electron chi connectivity index (χ1n) is 9.73. The lowest BCUT2D eigenvalue weighted by atomic mass is 10.0. The Hall–Kier alpha value is -3.37. The summed E-state index contributed by atoms with van der Waals surface area (Å²) in [5.41, 5.74) is 5.18. The zero-order chi connectivity index (χ0) is 20.8. The number of hydrogen-bond donors (Lipinski definition) is 0. The fourth-order valence-electron chi connectivity index (χ4n) is 3.40. The minimum absolute atomic E-state index is 0.212. The summed E-state index contributed by atoms with van der Waals surface area (Å²) in [6.07, 6.45) is 0.597. The highest BCUT2D eigenvalue weighted by molar-refractivity contribution is 7.07. The summed E-state index contributed by atoms with van der Waals surface area (Å²) in [5.74, 6) is 1.07. The summed E-state index contributed by atoms with van der Waals surface area (Å²) in [4.78, 5) is 18.0. The second-order valence-corrected chi connectivity index (χ2v) is 7.88. The van der Waals surface area contributed by atoms with E-state index in [0.717, 1.165) is 29.0 Å². The third-order valence-electron chi connectivity index (χ3n) is 5.04. The van der Waals surface area contributed by atoms with Crippen molar-refractivity contribution in [1.82, 2.24) is 9.88 Å². The highest BCUT2D eigenvalue weighted by Crippen LogP contribution is 2.24. The Morgan fingerprint density at radius 1 is 1.23 bits per heavy atom. The van der Waals surface area contributed by atoms with Crippen molar-refractivity contribution in [2.45, 2.75) is 13.0 Å². The quantitative estimate of drug-likeness (QED) is 0.578. The van der Waals surface area contributed by atoms with Gasteiger partial charge in [0.05, 0.1) is 29.4 Å². The van der Waals surface area contributed by atoms with E-state index in [1.165, 1.54) is 11.3 Å². The Morgan fingerprint density at radius 2 is 2.10 bits per heavy atom. The van der Waals surface area contributed by atoms with Gasteiger partial charge in [0.25, 0.3) is 0 Å². The first kappa shape index (κ1) is 19.9. The molecule has 3 aromatic rings. The van der Waals surface area contributed by atoms with Gasteiger partial charge < -0.3 is 14.4 Å². The smallest absolute Gasteiger partial charge is 0.410 e. The van der Waals surface area contributed by atoms with Gasteiger partial charge in [0.1, 0.15) is 12.4 Å². The molecule has 1 saturated heterocycles. The van der Waals surface area contributed by atoms with Crippen LogP contribution in [0.15, 0.2) is 59.4 Å². The van der Waals surface area contributed by atoms with Gasteiger partial charge in [-0.1, -0.05) is 24.3 Å². The molecule has 1 atom stereocenters. The van der Waals surface area contributed by atoms with Gasteiger partial charge in [0.2, 0.25) is 0 Å². The number of thiazole rings is 1. The molecule has 7 heteroatoms. The van der Waals surface area contributed by atoms with Crippen LogP contribution in [0.25, 0.3) is 11.1 Å². The van der Waals surface area contributed by atoms with Crippen molar-refractivity contribution in [3.63, 3.8) is 0 Å². The number of ether oxygens (including phenoxy) is 2. The average molecular weight is 420 g/mol. The summed E-state index contributed by atoms with van der Waals surface area (Å²) in [5, 5.41) is 10.9. The molecule has 2 heterocycles. The molecular weight excluding hydrogens is 398 g/mol. The van der Waals surface area contributed by atoms with Crippen molar-refractivity contribution in [2.24, 2.45) is 5.92 Å². The monoisotopic (exact) mass is 419 g/mol. The fourth-order valence-corrected chi connectivity index (χ4v) is 3.94. The Balaban J connectivity index is 1.25. The predicted molar refractivity (Wildman–Crippen MR) is 114 cm³/mol. The summed E-state index contributed by atoms with van der Waals surface area (Å²) >= 11 is 1.48. The summed E-state index contributed by atoms with van der Waals surface area (Å²) in [7, 11) is 0. The van der Waals surface area contributed by atoms with Crippen LogP contribution >= 0.6 is 11.3 Å². The minimum Gasteiger partial charge on any atom is -0.493 e. The average Bonchev–Trinajstić information content (AvgIpc) is 3.49. The van der Waals surface area contributed by atoms with E-state index in [0.29, 0.717) is 25.3 Å². The van der Waals surface area contributed by atoms with E-state index in [1.807, 2.05) is 47.8 Å². The molecule has 1 fully saturated rings. The molecule has 6 nitrogen and oxygen atoms in total. The van der Waals surface area contributed by atoms with Gasteiger partial charge in [0.15, 0.2) is 0 Å². The van der Waals surface area contributed by atoms with Crippen molar-refractivity contribution >= 4 is 17.4 Å². The Labute approximate surface area is 179 Å². The van der Waals surface area contributed by atoms with Crippen LogP contribution in [0.3, 0.4) is 0 Å². The van der Waals surface area contributed by atoms with E-state index in [-0.39, 0.29) is 18.6 Å². The first-order valence-corrected chi connectivity index (χ1v) is 10.7. The molecule has 0 radical (unpaired) electrons. The summed E-state index contributed by atoms with van der Waals surface area (Å²) in [6.45, 7) is 2.08. The lowest BCUT2D eigenvalue weighted by molar-refractivity contribution is 0.101. The van der Waals surface area contributed by atoms with Crippen LogP contribution in [0.2, 0.25) is 0 Å². The fraction of sp³-hybridized carbons (Fsp3) is 0.261. The van der Waals surface area contributed by atoms with Gasteiger partial charge in [-0.15, -0.1) is 11.3 Å². The maximum Gasteiger partial charge on any atom is 0.410 e. The number of aromatic nitrogens is 1. The zero-order valence-corrected chi connectivity index (χ0v) is 17.2. The zero-order valence-electron chi connectivity index (χ0n) is 16.4. The predicted octanol–water partition coefficient (Wildman–Crippen LogP) is 4.72. The van der Waals surface area contributed by atoms with E-state index in [9.17, 15) is 4.79 Å². The van der Waals surface area contributed by atoms with E-state index in [2.05, 4.69) is 11.1 Å². The molecule has 1 aliphatic heterocycles. The van der Waals surface area contributed by atoms with Crippen molar-refractivity contribution in [2.75, 3.05) is 19.7 Å². The van der Waals surface area contributed by atoms with Crippen LogP contribution in [0.1, 0.15) is 17.7 Å². The third-order valence-corrected chi connectivity index (χ3v) is 5.67. The molecule has 152 valence electrons. The standard InChI is InChI=1S/C23H21N3O3S/c24-11-17-2-1-3-20(10-17)19-4-6-22(7-5-19)28-13-18-8-9-26(12-18)23(27)29-14-21-15-30-16-25-21/h1-7,10,15-16,18H,8-9,12-14H2. The SMILES string of the molecule is N#Cc1cccc(-c2ccc(OCC3CCN(C(=O)OCc4cscn4)C3)cc2)c1. The second kappa shape index (κ2) is 9.42. The highest BCUT2D eigenvalue weighted by Gasteiger charge is 2.27. The Kier molecular flexibility index (Phi) is 6.26. The summed E-state index contributed by atoms with van der Waals surface area (Å²) in [6, 6.07) is 17.5. The lowest BCUT2D eigenvalue weighted by Crippen LogP contribution is -2.30. The van der Waals surface area contributed by atoms with E-state index in [4.69, 9.17) is 14.7 Å². The van der Waals surface area contributed by atoms with Crippen LogP contribution in [-0.2, 0) is 11.3 Å². The van der Waals surface area contributed by atoms with E-state index < -0.39 is 0 Å². The molecule has 2 aromatic carbocycles. The van der Waals surface area contributed by atoms with Crippen molar-refractivity contribution in [3.8, 4) is 22.9 Å². The number of hydrogen-bond acceptors (Lipinski definition) is 6. The van der Waals surface area contributed by atoms with Gasteiger partial charge in [0, 0.05) is 24.4 Å². The van der Waals surface area contributed by atoms with Gasteiger partial charge in [-0.25, -0.2) is 9.78 Å². The third kappa shape index (κ3) is 4.97. The normalized spacial score (nSPS) is 15.6. The van der Waals surface area contributed by atoms with E-state index in [1.54, 1.807) is 16.5 Å². The number of amides is 1. The highest BCUT2D eigenvalue weighted by atomic mass is 32.1. The molecule has 0 N–H and O–H groups in total. The largest absolute Gasteiger partial charge is 0.493 e. The van der Waals surface area contributed by atoms with Gasteiger partial charge in [-0.2, -0.15) is 5.26 Å². The number of carbonyl (C=O) groups excluding carboxylic acids is 1. The maximum absolute atomic E-state index is 12.2. The molecule has 1 aromatic heterocycles. The number of nitrogens with zero attached hydrogens (tertiary/aromatic N) is 3. The molecular formula is C23H21N3O3S. The molecule has 1 amide bonds. The molecule has 30 heavy (non-hydrogen) atoms. The van der Waals surface area contributed by atoms with Gasteiger partial charge in [-0.3, -0.25) is 0 Å². The number of carbonyl (C=O) groups is 1. The van der Waals surface area contributed by atoms with E-state index >= 15 is 0 Å². The molecule has 0 spiro atoms. The number of benzene rings is 2. The molecule has 4 rings (SSSR count). The second-order valence-electron chi connectivity index (χ2n) is 7.16. The van der Waals surface area contributed by atoms with Crippen LogP contribution < -0.4 is 4.74 Å². The number of nitriles is 1. The van der Waals surface area contributed by atoms with Gasteiger partial charge in [-0.05, 0) is 41.8 Å². The van der Waals surface area contributed by atoms with Crippen molar-refractivity contribution in [3.05, 3.63) is 70.7 Å². The number of rotatable bonds is 6. The van der Waals surface area contributed by atoms with Crippen LogP contribution in [0.5, 0.6) is 5.75 Å². The minimum atomic E-state index is -0.297. The van der Waals surface area contributed by atoms with Crippen LogP contribution in [-0.4, -0.2) is 35.7 Å². The summed E-state index contributed by atoms with van der Waals surface area (Å²) < 4.78 is 11.3. The van der Waals surface area contributed by atoms with Crippen molar-refractivity contribution in [1.29, 1.82) is 5.26 Å². The molecule has 1 aliphatic rings. The van der Waals surface area contributed by atoms with Crippen LogP contribution in [0, 0.1) is 17.2 Å². The lowest BCUT2D eigenvalue weighted by Gasteiger charge is -2.16. The van der Waals surface area contributed by atoms with Gasteiger partial charge >= 0.3 is 6.09 Å². The topological polar surface area (TPSA) is 75.5 Å². The van der Waals surface area contributed by atoms with Crippen molar-refractivity contribution < 1.29 is 14.3 Å². The van der Waals surface area contributed by atoms with Crippen LogP contribution in [0.4, 0.5) is 4.79 Å². The Bertz CT molecular complexity index is 1030. The Morgan fingerprint density at radius 3 is 2.87 bits per heavy atom. The molecule has 1 unspecified atom stereocenters. The molecule has 0 aliphatic carbocycles. The molecule has 0 bridgehead atoms.